The van der Waals surface area contributed by atoms with Crippen LogP contribution in [0, 0.1) is 0 Å². The van der Waals surface area contributed by atoms with E-state index >= 15 is 0 Å². The molecule has 1 aromatic rings. The Morgan fingerprint density at radius 1 is 1.44 bits per heavy atom. The standard InChI is InChI=1S/C11H14N2O4S/c1-8(2)18(16,17)13-10-5-3-4-9(12-10)6-7-11(14)15/h3-8H,1-2H3,(H,12,13)(H,14,15)/b7-6+. The number of rotatable bonds is 5. The van der Waals surface area contributed by atoms with Gasteiger partial charge in [0.15, 0.2) is 0 Å². The second kappa shape index (κ2) is 5.63. The number of hydrogen-bond donors (Lipinski definition) is 2. The third-order valence-corrected chi connectivity index (χ3v) is 3.77. The number of pyridine rings is 1. The molecule has 0 fully saturated rings. The van der Waals surface area contributed by atoms with Crippen LogP contribution in [0.5, 0.6) is 0 Å². The molecule has 0 aliphatic heterocycles. The first-order chi connectivity index (χ1) is 8.31. The van der Waals surface area contributed by atoms with Crippen molar-refractivity contribution in [3.8, 4) is 0 Å². The van der Waals surface area contributed by atoms with Crippen molar-refractivity contribution in [2.45, 2.75) is 19.1 Å². The highest BCUT2D eigenvalue weighted by Gasteiger charge is 2.15. The monoisotopic (exact) mass is 270 g/mol. The summed E-state index contributed by atoms with van der Waals surface area (Å²) in [6, 6.07) is 4.66. The lowest BCUT2D eigenvalue weighted by Crippen LogP contribution is -2.23. The molecule has 98 valence electrons. The summed E-state index contributed by atoms with van der Waals surface area (Å²) in [5.41, 5.74) is 0.362. The van der Waals surface area contributed by atoms with E-state index in [2.05, 4.69) is 9.71 Å². The lowest BCUT2D eigenvalue weighted by Gasteiger charge is -2.10. The van der Waals surface area contributed by atoms with E-state index in [1.54, 1.807) is 26.0 Å². The van der Waals surface area contributed by atoms with E-state index in [4.69, 9.17) is 5.11 Å². The summed E-state index contributed by atoms with van der Waals surface area (Å²) < 4.78 is 25.6. The molecule has 0 amide bonds. The van der Waals surface area contributed by atoms with Crippen LogP contribution in [0.15, 0.2) is 24.3 Å². The lowest BCUT2D eigenvalue weighted by molar-refractivity contribution is -0.131. The smallest absolute Gasteiger partial charge is 0.328 e. The number of aliphatic carboxylic acids is 1. The Bertz CT molecular complexity index is 564. The molecular weight excluding hydrogens is 256 g/mol. The molecule has 7 heteroatoms. The zero-order valence-corrected chi connectivity index (χ0v) is 10.8. The van der Waals surface area contributed by atoms with Crippen LogP contribution in [-0.4, -0.2) is 29.7 Å². The first-order valence-corrected chi connectivity index (χ1v) is 6.75. The summed E-state index contributed by atoms with van der Waals surface area (Å²) in [7, 11) is -3.45. The molecule has 0 saturated heterocycles. The number of aromatic nitrogens is 1. The second-order valence-corrected chi connectivity index (χ2v) is 6.05. The van der Waals surface area contributed by atoms with Gasteiger partial charge in [-0.1, -0.05) is 6.07 Å². The van der Waals surface area contributed by atoms with Crippen molar-refractivity contribution in [1.82, 2.24) is 4.98 Å². The Labute approximate surface area is 105 Å². The van der Waals surface area contributed by atoms with Crippen LogP contribution >= 0.6 is 0 Å². The van der Waals surface area contributed by atoms with Gasteiger partial charge in [0.1, 0.15) is 5.82 Å². The Kier molecular flexibility index (Phi) is 4.43. The predicted octanol–water partition coefficient (Wildman–Crippen LogP) is 1.33. The normalized spacial score (nSPS) is 11.9. The van der Waals surface area contributed by atoms with Crippen molar-refractivity contribution < 1.29 is 18.3 Å². The third-order valence-electron chi connectivity index (χ3n) is 2.03. The van der Waals surface area contributed by atoms with Crippen LogP contribution in [0.4, 0.5) is 5.82 Å². The summed E-state index contributed by atoms with van der Waals surface area (Å²) >= 11 is 0. The topological polar surface area (TPSA) is 96.4 Å². The molecule has 0 saturated carbocycles. The van der Waals surface area contributed by atoms with E-state index in [0.717, 1.165) is 6.08 Å². The molecule has 6 nitrogen and oxygen atoms in total. The molecule has 0 bridgehead atoms. The molecular formula is C11H14N2O4S. The number of carbonyl (C=O) groups is 1. The van der Waals surface area contributed by atoms with Gasteiger partial charge in [-0.25, -0.2) is 18.2 Å². The fourth-order valence-corrected chi connectivity index (χ4v) is 1.66. The molecule has 1 heterocycles. The summed E-state index contributed by atoms with van der Waals surface area (Å²) in [5.74, 6) is -0.929. The molecule has 0 aliphatic rings. The van der Waals surface area contributed by atoms with Crippen LogP contribution in [0.3, 0.4) is 0 Å². The van der Waals surface area contributed by atoms with Gasteiger partial charge in [-0.3, -0.25) is 4.72 Å². The van der Waals surface area contributed by atoms with Crippen molar-refractivity contribution in [2.24, 2.45) is 0 Å². The summed E-state index contributed by atoms with van der Waals surface area (Å²) in [6.07, 6.45) is 2.22. The quantitative estimate of drug-likeness (QED) is 0.787. The zero-order chi connectivity index (χ0) is 13.8. The Morgan fingerprint density at radius 2 is 2.11 bits per heavy atom. The van der Waals surface area contributed by atoms with Crippen LogP contribution in [0.2, 0.25) is 0 Å². The highest BCUT2D eigenvalue weighted by Crippen LogP contribution is 2.10. The van der Waals surface area contributed by atoms with Crippen molar-refractivity contribution >= 4 is 27.9 Å². The number of hydrogen-bond acceptors (Lipinski definition) is 4. The molecule has 0 radical (unpaired) electrons. The molecule has 0 spiro atoms. The summed E-state index contributed by atoms with van der Waals surface area (Å²) in [4.78, 5) is 14.3. The van der Waals surface area contributed by atoms with E-state index < -0.39 is 21.2 Å². The first-order valence-electron chi connectivity index (χ1n) is 5.21. The van der Waals surface area contributed by atoms with Gasteiger partial charge in [0, 0.05) is 6.08 Å². The summed E-state index contributed by atoms with van der Waals surface area (Å²) in [6.45, 7) is 3.10. The molecule has 2 N–H and O–H groups in total. The molecule has 1 aromatic heterocycles. The van der Waals surface area contributed by atoms with Gasteiger partial charge in [-0.2, -0.15) is 0 Å². The largest absolute Gasteiger partial charge is 0.478 e. The van der Waals surface area contributed by atoms with E-state index in [-0.39, 0.29) is 5.82 Å². The van der Waals surface area contributed by atoms with Gasteiger partial charge in [0.2, 0.25) is 10.0 Å². The SMILES string of the molecule is CC(C)S(=O)(=O)Nc1cccc(/C=C/C(=O)O)n1. The number of sulfonamides is 1. The maximum atomic E-state index is 11.6. The van der Waals surface area contributed by atoms with Gasteiger partial charge in [0.05, 0.1) is 10.9 Å². The summed E-state index contributed by atoms with van der Waals surface area (Å²) in [5, 5.41) is 7.91. The van der Waals surface area contributed by atoms with Crippen molar-refractivity contribution in [2.75, 3.05) is 4.72 Å². The van der Waals surface area contributed by atoms with Gasteiger partial charge in [0.25, 0.3) is 0 Å². The average molecular weight is 270 g/mol. The van der Waals surface area contributed by atoms with Gasteiger partial charge in [-0.05, 0) is 32.1 Å². The fourth-order valence-electron chi connectivity index (χ4n) is 1.02. The number of carboxylic acid groups (broad SMARTS) is 1. The number of nitrogens with zero attached hydrogens (tertiary/aromatic N) is 1. The molecule has 0 aliphatic carbocycles. The van der Waals surface area contributed by atoms with E-state index in [0.29, 0.717) is 5.69 Å². The van der Waals surface area contributed by atoms with Crippen molar-refractivity contribution in [1.29, 1.82) is 0 Å². The fraction of sp³-hybridized carbons (Fsp3) is 0.273. The first kappa shape index (κ1) is 14.2. The predicted molar refractivity (Wildman–Crippen MR) is 68.6 cm³/mol. The van der Waals surface area contributed by atoms with Gasteiger partial charge in [-0.15, -0.1) is 0 Å². The van der Waals surface area contributed by atoms with Crippen LogP contribution < -0.4 is 4.72 Å². The van der Waals surface area contributed by atoms with E-state index in [1.807, 2.05) is 0 Å². The highest BCUT2D eigenvalue weighted by atomic mass is 32.2. The van der Waals surface area contributed by atoms with Gasteiger partial charge < -0.3 is 5.11 Å². The van der Waals surface area contributed by atoms with Crippen molar-refractivity contribution in [3.05, 3.63) is 30.0 Å². The Hall–Kier alpha value is -1.89. The van der Waals surface area contributed by atoms with E-state index in [1.165, 1.54) is 12.1 Å². The van der Waals surface area contributed by atoms with Crippen LogP contribution in [-0.2, 0) is 14.8 Å². The highest BCUT2D eigenvalue weighted by molar-refractivity contribution is 7.93. The zero-order valence-electron chi connectivity index (χ0n) is 9.99. The minimum Gasteiger partial charge on any atom is -0.478 e. The minimum atomic E-state index is -3.45. The molecule has 0 aromatic carbocycles. The number of nitrogens with one attached hydrogen (secondary N) is 1. The third kappa shape index (κ3) is 4.17. The Balaban J connectivity index is 2.93. The molecule has 0 atom stereocenters. The van der Waals surface area contributed by atoms with E-state index in [9.17, 15) is 13.2 Å². The van der Waals surface area contributed by atoms with Gasteiger partial charge >= 0.3 is 5.97 Å². The second-order valence-electron chi connectivity index (χ2n) is 3.82. The van der Waals surface area contributed by atoms with Crippen LogP contribution in [0.1, 0.15) is 19.5 Å². The minimum absolute atomic E-state index is 0.163. The maximum Gasteiger partial charge on any atom is 0.328 e. The van der Waals surface area contributed by atoms with Crippen LogP contribution in [0.25, 0.3) is 6.08 Å². The van der Waals surface area contributed by atoms with Crippen molar-refractivity contribution in [3.63, 3.8) is 0 Å². The lowest BCUT2D eigenvalue weighted by atomic mass is 10.3. The molecule has 1 rings (SSSR count). The number of carboxylic acids is 1. The molecule has 0 unspecified atom stereocenters. The molecule has 18 heavy (non-hydrogen) atoms. The Morgan fingerprint density at radius 3 is 2.67 bits per heavy atom. The average Bonchev–Trinajstić information content (AvgIpc) is 2.26. The number of anilines is 1. The maximum absolute atomic E-state index is 11.6.